The van der Waals surface area contributed by atoms with Gasteiger partial charge in [0.05, 0.1) is 0 Å². The summed E-state index contributed by atoms with van der Waals surface area (Å²) >= 11 is 0. The van der Waals surface area contributed by atoms with Crippen molar-refractivity contribution in [2.45, 2.75) is 6.92 Å². The summed E-state index contributed by atoms with van der Waals surface area (Å²) in [7, 11) is 0. The van der Waals surface area contributed by atoms with E-state index in [-0.39, 0.29) is 34.1 Å². The average molecular weight is 186 g/mol. The molecule has 0 aliphatic carbocycles. The third-order valence-corrected chi connectivity index (χ3v) is 0. The van der Waals surface area contributed by atoms with Crippen molar-refractivity contribution in [3.05, 3.63) is 0 Å². The summed E-state index contributed by atoms with van der Waals surface area (Å²) in [5.74, 6) is -1.08. The van der Waals surface area contributed by atoms with E-state index in [1.807, 2.05) is 0 Å². The van der Waals surface area contributed by atoms with Crippen molar-refractivity contribution in [2.75, 3.05) is 0 Å². The van der Waals surface area contributed by atoms with E-state index in [9.17, 15) is 0 Å². The number of carbonyl (C=O) groups is 1. The Balaban J connectivity index is -0.0000000450. The van der Waals surface area contributed by atoms with Crippen LogP contribution in [0, 0.1) is 0 Å². The van der Waals surface area contributed by atoms with Crippen LogP contribution in [0.25, 0.3) is 0 Å². The number of hydrogen-bond acceptors (Lipinski definition) is 2. The van der Waals surface area contributed by atoms with Gasteiger partial charge in [-0.25, -0.2) is 0 Å². The maximum absolute atomic E-state index is 8.89. The van der Waals surface area contributed by atoms with Crippen molar-refractivity contribution in [1.82, 2.24) is 0 Å². The van der Waals surface area contributed by atoms with Gasteiger partial charge in [-0.05, 0) is 6.92 Å². The Hall–Kier alpha value is 0.509. The van der Waals surface area contributed by atoms with Gasteiger partial charge in [0, 0.05) is 5.97 Å². The molecule has 0 amide bonds. The van der Waals surface area contributed by atoms with Crippen LogP contribution in [-0.4, -0.2) is 5.97 Å². The molecule has 1 radical (unpaired) electrons. The second-order valence-electron chi connectivity index (χ2n) is 0.492. The number of hydrogen-bond donors (Lipinski definition) is 0. The summed E-state index contributed by atoms with van der Waals surface area (Å²) in [5.41, 5.74) is 0. The van der Waals surface area contributed by atoms with Crippen molar-refractivity contribution in [1.29, 1.82) is 0 Å². The molecule has 0 aromatic rings. The van der Waals surface area contributed by atoms with Gasteiger partial charge in [-0.3, -0.25) is 0 Å². The Morgan fingerprint density at radius 3 is 1.67 bits per heavy atom. The molecule has 4 heteroatoms. The predicted molar refractivity (Wildman–Crippen MR) is 10.7 cm³/mol. The van der Waals surface area contributed by atoms with E-state index >= 15 is 0 Å². The van der Waals surface area contributed by atoms with Crippen molar-refractivity contribution >= 4 is 5.97 Å². The van der Waals surface area contributed by atoms with Gasteiger partial charge in [0.15, 0.2) is 0 Å². The molecule has 0 aromatic heterocycles. The van der Waals surface area contributed by atoms with Crippen LogP contribution in [-0.2, 0) is 38.9 Å². The molecule has 0 heterocycles. The number of carbonyl (C=O) groups excluding carboxylic acids is 1. The summed E-state index contributed by atoms with van der Waals surface area (Å²) in [6.07, 6.45) is 0. The molecular formula is C2H3Cu2O2+2. The van der Waals surface area contributed by atoms with Gasteiger partial charge in [0.25, 0.3) is 0 Å². The monoisotopic (exact) mass is 185 g/mol. The van der Waals surface area contributed by atoms with Crippen molar-refractivity contribution < 1.29 is 44.0 Å². The van der Waals surface area contributed by atoms with Crippen LogP contribution in [0.2, 0.25) is 0 Å². The summed E-state index contributed by atoms with van der Waals surface area (Å²) in [6, 6.07) is 0. The maximum atomic E-state index is 8.89. The first-order valence-electron chi connectivity index (χ1n) is 0.908. The normalized spacial score (nSPS) is 4.17. The van der Waals surface area contributed by atoms with Gasteiger partial charge in [-0.2, -0.15) is 0 Å². The first-order chi connectivity index (χ1) is 1.73. The van der Waals surface area contributed by atoms with Gasteiger partial charge < -0.3 is 9.90 Å². The minimum atomic E-state index is -1.08. The zero-order valence-electron chi connectivity index (χ0n) is 2.92. The van der Waals surface area contributed by atoms with E-state index in [1.165, 1.54) is 0 Å². The van der Waals surface area contributed by atoms with Crippen molar-refractivity contribution in [2.24, 2.45) is 0 Å². The van der Waals surface area contributed by atoms with E-state index in [1.54, 1.807) is 0 Å². The Bertz CT molecular complexity index is 32.5. The number of rotatable bonds is 0. The van der Waals surface area contributed by atoms with Crippen LogP contribution < -0.4 is 5.11 Å². The SMILES string of the molecule is CC(=O)[O-].[Cu+2].[Cu+]. The molecule has 0 saturated heterocycles. The van der Waals surface area contributed by atoms with Crippen LogP contribution in [0.1, 0.15) is 6.92 Å². The van der Waals surface area contributed by atoms with Gasteiger partial charge >= 0.3 is 34.1 Å². The topological polar surface area (TPSA) is 40.1 Å². The minimum absolute atomic E-state index is 0. The fraction of sp³-hybridized carbons (Fsp3) is 0.500. The maximum Gasteiger partial charge on any atom is 2.00 e. The van der Waals surface area contributed by atoms with Crippen LogP contribution in [0.15, 0.2) is 0 Å². The Morgan fingerprint density at radius 1 is 1.67 bits per heavy atom. The van der Waals surface area contributed by atoms with Gasteiger partial charge in [0.2, 0.25) is 0 Å². The van der Waals surface area contributed by atoms with Gasteiger partial charge in [-0.15, -0.1) is 0 Å². The Morgan fingerprint density at radius 2 is 1.67 bits per heavy atom. The molecule has 0 aliphatic heterocycles. The molecule has 0 aromatic carbocycles. The fourth-order valence-corrected chi connectivity index (χ4v) is 0. The predicted octanol–water partition coefficient (Wildman–Crippen LogP) is -1.25. The second-order valence-corrected chi connectivity index (χ2v) is 0.492. The summed E-state index contributed by atoms with van der Waals surface area (Å²) in [6.45, 7) is 0.972. The van der Waals surface area contributed by atoms with Crippen LogP contribution in [0.3, 0.4) is 0 Å². The summed E-state index contributed by atoms with van der Waals surface area (Å²) < 4.78 is 0. The second kappa shape index (κ2) is 9.10. The molecule has 0 N–H and O–H groups in total. The van der Waals surface area contributed by atoms with Crippen LogP contribution in [0.4, 0.5) is 0 Å². The standard InChI is InChI=1S/C2H4O2.2Cu/c1-2(3)4;;/h1H3,(H,3,4);;/q;+1;+2/p-1. The third kappa shape index (κ3) is 214. The quantitative estimate of drug-likeness (QED) is 0.443. The average Bonchev–Trinajstić information content (AvgIpc) is 0.811. The number of carboxylic acids is 1. The van der Waals surface area contributed by atoms with Gasteiger partial charge in [-0.1, -0.05) is 0 Å². The molecule has 0 spiro atoms. The summed E-state index contributed by atoms with van der Waals surface area (Å²) in [5, 5.41) is 8.89. The smallest absolute Gasteiger partial charge is 0.550 e. The van der Waals surface area contributed by atoms with E-state index < -0.39 is 5.97 Å². The molecular weight excluding hydrogens is 183 g/mol. The minimum Gasteiger partial charge on any atom is -0.550 e. The first kappa shape index (κ1) is 16.0. The molecule has 0 saturated carbocycles. The molecule has 0 unspecified atom stereocenters. The van der Waals surface area contributed by atoms with Crippen LogP contribution in [0.5, 0.6) is 0 Å². The molecule has 0 aliphatic rings. The number of carboxylic acid groups (broad SMARTS) is 1. The molecule has 2 nitrogen and oxygen atoms in total. The van der Waals surface area contributed by atoms with Crippen molar-refractivity contribution in [3.63, 3.8) is 0 Å². The zero-order valence-corrected chi connectivity index (χ0v) is 4.80. The third-order valence-electron chi connectivity index (χ3n) is 0. The Labute approximate surface area is 57.3 Å². The molecule has 6 heavy (non-hydrogen) atoms. The molecule has 43 valence electrons. The largest absolute Gasteiger partial charge is 2.00 e. The number of aliphatic carboxylic acids is 1. The van der Waals surface area contributed by atoms with E-state index in [0.29, 0.717) is 0 Å². The van der Waals surface area contributed by atoms with Crippen molar-refractivity contribution in [3.8, 4) is 0 Å². The Kier molecular flexibility index (Phi) is 24.3. The van der Waals surface area contributed by atoms with E-state index in [0.717, 1.165) is 6.92 Å². The molecule has 0 atom stereocenters. The van der Waals surface area contributed by atoms with E-state index in [2.05, 4.69) is 0 Å². The summed E-state index contributed by atoms with van der Waals surface area (Å²) in [4.78, 5) is 8.89. The molecule has 0 rings (SSSR count). The van der Waals surface area contributed by atoms with E-state index in [4.69, 9.17) is 9.90 Å². The fourth-order valence-electron chi connectivity index (χ4n) is 0. The first-order valence-corrected chi connectivity index (χ1v) is 0.908. The molecule has 0 fully saturated rings. The van der Waals surface area contributed by atoms with Gasteiger partial charge in [0.1, 0.15) is 0 Å². The zero-order chi connectivity index (χ0) is 3.58. The molecule has 0 bridgehead atoms. The van der Waals surface area contributed by atoms with Crippen LogP contribution >= 0.6 is 0 Å².